The van der Waals surface area contributed by atoms with E-state index in [1.54, 1.807) is 11.3 Å². The van der Waals surface area contributed by atoms with Crippen LogP contribution in [0.5, 0.6) is 0 Å². The Balaban J connectivity index is 1.81. The molecule has 0 aliphatic carbocycles. The van der Waals surface area contributed by atoms with Gasteiger partial charge in [-0.2, -0.15) is 0 Å². The molecule has 3 N–H and O–H groups in total. The summed E-state index contributed by atoms with van der Waals surface area (Å²) in [6, 6.07) is 0. The van der Waals surface area contributed by atoms with Crippen molar-refractivity contribution in [3.8, 4) is 0 Å². The van der Waals surface area contributed by atoms with Crippen LogP contribution in [0.1, 0.15) is 37.0 Å². The van der Waals surface area contributed by atoms with Crippen molar-refractivity contribution in [2.75, 3.05) is 13.1 Å². The van der Waals surface area contributed by atoms with Gasteiger partial charge >= 0.3 is 0 Å². The molecule has 0 fully saturated rings. The van der Waals surface area contributed by atoms with Gasteiger partial charge in [-0.25, -0.2) is 0 Å². The van der Waals surface area contributed by atoms with Gasteiger partial charge < -0.3 is 11.1 Å². The molecule has 0 unspecified atom stereocenters. The maximum absolute atomic E-state index is 5.43. The fourth-order valence-corrected chi connectivity index (χ4v) is 2.03. The lowest BCUT2D eigenvalue weighted by Crippen LogP contribution is -2.13. The lowest BCUT2D eigenvalue weighted by atomic mass is 10.1. The lowest BCUT2D eigenvalue weighted by Gasteiger charge is -2.02. The van der Waals surface area contributed by atoms with E-state index in [0.717, 1.165) is 19.6 Å². The number of nitrogens with zero attached hydrogens (tertiary/aromatic N) is 1. The first-order valence-electron chi connectivity index (χ1n) is 5.71. The quantitative estimate of drug-likeness (QED) is 0.636. The lowest BCUT2D eigenvalue weighted by molar-refractivity contribution is 0.579. The van der Waals surface area contributed by atoms with Crippen LogP contribution in [-0.2, 0) is 6.54 Å². The molecule has 1 aromatic rings. The highest BCUT2D eigenvalue weighted by atomic mass is 32.1. The molecule has 15 heavy (non-hydrogen) atoms. The van der Waals surface area contributed by atoms with Crippen LogP contribution in [0.15, 0.2) is 11.7 Å². The van der Waals surface area contributed by atoms with Crippen LogP contribution < -0.4 is 11.1 Å². The predicted molar refractivity (Wildman–Crippen MR) is 66.0 cm³/mol. The zero-order valence-electron chi connectivity index (χ0n) is 9.24. The van der Waals surface area contributed by atoms with Crippen molar-refractivity contribution in [1.82, 2.24) is 10.3 Å². The molecule has 86 valence electrons. The highest BCUT2D eigenvalue weighted by Crippen LogP contribution is 2.05. The molecule has 0 aromatic carbocycles. The summed E-state index contributed by atoms with van der Waals surface area (Å²) in [5.41, 5.74) is 7.31. The van der Waals surface area contributed by atoms with Crippen molar-refractivity contribution in [2.24, 2.45) is 5.73 Å². The zero-order chi connectivity index (χ0) is 10.8. The van der Waals surface area contributed by atoms with E-state index in [1.165, 1.54) is 37.0 Å². The fraction of sp³-hybridized carbons (Fsp3) is 0.727. The van der Waals surface area contributed by atoms with Gasteiger partial charge in [-0.15, -0.1) is 11.3 Å². The van der Waals surface area contributed by atoms with Crippen molar-refractivity contribution in [1.29, 1.82) is 0 Å². The number of rotatable bonds is 9. The van der Waals surface area contributed by atoms with Gasteiger partial charge in [0.15, 0.2) is 0 Å². The van der Waals surface area contributed by atoms with Gasteiger partial charge in [0.25, 0.3) is 0 Å². The number of aromatic nitrogens is 1. The first-order chi connectivity index (χ1) is 7.43. The van der Waals surface area contributed by atoms with Gasteiger partial charge in [0.05, 0.1) is 5.51 Å². The largest absolute Gasteiger partial charge is 0.330 e. The Morgan fingerprint density at radius 2 is 2.00 bits per heavy atom. The van der Waals surface area contributed by atoms with Crippen molar-refractivity contribution in [3.63, 3.8) is 0 Å². The Hall–Kier alpha value is -0.450. The Kier molecular flexibility index (Phi) is 7.42. The third-order valence-electron chi connectivity index (χ3n) is 2.34. The number of unbranched alkanes of at least 4 members (excludes halogenated alkanes) is 4. The minimum atomic E-state index is 0.837. The molecular formula is C11H21N3S. The summed E-state index contributed by atoms with van der Waals surface area (Å²) in [4.78, 5) is 5.36. The molecule has 0 saturated carbocycles. The molecule has 0 atom stereocenters. The van der Waals surface area contributed by atoms with Crippen molar-refractivity contribution >= 4 is 11.3 Å². The molecule has 0 aliphatic heterocycles. The molecule has 1 rings (SSSR count). The number of nitrogens with two attached hydrogens (primary N) is 1. The number of hydrogen-bond donors (Lipinski definition) is 2. The number of nitrogens with one attached hydrogen (secondary N) is 1. The number of hydrogen-bond acceptors (Lipinski definition) is 4. The third-order valence-corrected chi connectivity index (χ3v) is 3.12. The van der Waals surface area contributed by atoms with Crippen molar-refractivity contribution in [2.45, 2.75) is 38.6 Å². The second kappa shape index (κ2) is 8.83. The normalized spacial score (nSPS) is 10.7. The van der Waals surface area contributed by atoms with E-state index in [9.17, 15) is 0 Å². The molecule has 0 saturated heterocycles. The van der Waals surface area contributed by atoms with E-state index < -0.39 is 0 Å². The van der Waals surface area contributed by atoms with Crippen LogP contribution in [0, 0.1) is 0 Å². The maximum Gasteiger partial charge on any atom is 0.0794 e. The first-order valence-corrected chi connectivity index (χ1v) is 6.59. The standard InChI is InChI=1S/C11H21N3S/c12-6-4-2-1-3-5-7-13-8-11-9-14-10-15-11/h9-10,13H,1-8,12H2. The average Bonchev–Trinajstić information content (AvgIpc) is 2.75. The molecular weight excluding hydrogens is 206 g/mol. The summed E-state index contributed by atoms with van der Waals surface area (Å²) in [7, 11) is 0. The molecule has 1 aromatic heterocycles. The smallest absolute Gasteiger partial charge is 0.0794 e. The van der Waals surface area contributed by atoms with Crippen LogP contribution in [0.2, 0.25) is 0 Å². The van der Waals surface area contributed by atoms with Crippen LogP contribution in [0.4, 0.5) is 0 Å². The Morgan fingerprint density at radius 3 is 2.73 bits per heavy atom. The highest BCUT2D eigenvalue weighted by molar-refractivity contribution is 7.09. The van der Waals surface area contributed by atoms with E-state index >= 15 is 0 Å². The van der Waals surface area contributed by atoms with Crippen LogP contribution in [0.3, 0.4) is 0 Å². The second-order valence-electron chi connectivity index (χ2n) is 3.70. The number of thiazole rings is 1. The van der Waals surface area contributed by atoms with E-state index in [0.29, 0.717) is 0 Å². The molecule has 4 heteroatoms. The van der Waals surface area contributed by atoms with Gasteiger partial charge in [-0.3, -0.25) is 4.98 Å². The Morgan fingerprint density at radius 1 is 1.20 bits per heavy atom. The molecule has 0 bridgehead atoms. The summed E-state index contributed by atoms with van der Waals surface area (Å²) in [6.07, 6.45) is 8.29. The topological polar surface area (TPSA) is 50.9 Å². The first kappa shape index (κ1) is 12.6. The minimum Gasteiger partial charge on any atom is -0.330 e. The van der Waals surface area contributed by atoms with Crippen LogP contribution >= 0.6 is 11.3 Å². The van der Waals surface area contributed by atoms with E-state index in [4.69, 9.17) is 5.73 Å². The van der Waals surface area contributed by atoms with Crippen molar-refractivity contribution < 1.29 is 0 Å². The minimum absolute atomic E-state index is 0.837. The molecule has 1 heterocycles. The monoisotopic (exact) mass is 227 g/mol. The summed E-state index contributed by atoms with van der Waals surface area (Å²) in [6.45, 7) is 2.91. The molecule has 0 aliphatic rings. The van der Waals surface area contributed by atoms with Gasteiger partial charge in [-0.05, 0) is 25.9 Å². The SMILES string of the molecule is NCCCCCCCNCc1cncs1. The molecule has 0 amide bonds. The summed E-state index contributed by atoms with van der Waals surface area (Å²) < 4.78 is 0. The highest BCUT2D eigenvalue weighted by Gasteiger charge is 1.93. The summed E-state index contributed by atoms with van der Waals surface area (Å²) in [5, 5.41) is 3.42. The maximum atomic E-state index is 5.43. The Bertz CT molecular complexity index is 224. The summed E-state index contributed by atoms with van der Waals surface area (Å²) >= 11 is 1.71. The van der Waals surface area contributed by atoms with Gasteiger partial charge in [-0.1, -0.05) is 19.3 Å². The average molecular weight is 227 g/mol. The van der Waals surface area contributed by atoms with Gasteiger partial charge in [0.2, 0.25) is 0 Å². The van der Waals surface area contributed by atoms with E-state index in [2.05, 4.69) is 10.3 Å². The van der Waals surface area contributed by atoms with E-state index in [1.807, 2.05) is 11.7 Å². The Labute approximate surface area is 96.1 Å². The molecule has 0 spiro atoms. The van der Waals surface area contributed by atoms with Crippen molar-refractivity contribution in [3.05, 3.63) is 16.6 Å². The summed E-state index contributed by atoms with van der Waals surface area (Å²) in [5.74, 6) is 0. The molecule has 0 radical (unpaired) electrons. The third kappa shape index (κ3) is 6.60. The van der Waals surface area contributed by atoms with Crippen LogP contribution in [0.25, 0.3) is 0 Å². The fourth-order valence-electron chi connectivity index (χ4n) is 1.47. The zero-order valence-corrected chi connectivity index (χ0v) is 10.1. The van der Waals surface area contributed by atoms with Gasteiger partial charge in [0.1, 0.15) is 0 Å². The van der Waals surface area contributed by atoms with Gasteiger partial charge in [0, 0.05) is 17.6 Å². The predicted octanol–water partition coefficient (Wildman–Crippen LogP) is 2.14. The van der Waals surface area contributed by atoms with Crippen LogP contribution in [-0.4, -0.2) is 18.1 Å². The second-order valence-corrected chi connectivity index (χ2v) is 4.67. The van der Waals surface area contributed by atoms with E-state index in [-0.39, 0.29) is 0 Å². The molecule has 3 nitrogen and oxygen atoms in total.